The van der Waals surface area contributed by atoms with Crippen molar-refractivity contribution in [1.82, 2.24) is 9.88 Å². The van der Waals surface area contributed by atoms with Gasteiger partial charge in [-0.3, -0.25) is 24.3 Å². The second-order valence-electron chi connectivity index (χ2n) is 6.88. The third-order valence-electron chi connectivity index (χ3n) is 4.89. The first kappa shape index (κ1) is 20.1. The molecule has 31 heavy (non-hydrogen) atoms. The second-order valence-corrected chi connectivity index (χ2v) is 6.88. The topological polar surface area (TPSA) is 97.7 Å². The van der Waals surface area contributed by atoms with E-state index in [9.17, 15) is 19.2 Å². The van der Waals surface area contributed by atoms with Crippen LogP contribution in [0.1, 0.15) is 24.2 Å². The quantitative estimate of drug-likeness (QED) is 0.519. The summed E-state index contributed by atoms with van der Waals surface area (Å²) in [4.78, 5) is 50.9. The predicted octanol–water partition coefficient (Wildman–Crippen LogP) is 3.37. The van der Waals surface area contributed by atoms with Gasteiger partial charge in [0.2, 0.25) is 5.91 Å². The SMILES string of the molecule is CCOc1ccc(N2C(=O)NC(=O)/C(=C/c3cn(C(C)=O)c4ccccc34)C2=O)cc1. The van der Waals surface area contributed by atoms with E-state index in [4.69, 9.17) is 4.74 Å². The molecule has 0 bridgehead atoms. The summed E-state index contributed by atoms with van der Waals surface area (Å²) in [5.41, 5.74) is 1.27. The van der Waals surface area contributed by atoms with Crippen LogP contribution in [0.15, 0.2) is 60.3 Å². The number of carbonyl (C=O) groups excluding carboxylic acids is 4. The van der Waals surface area contributed by atoms with E-state index in [1.807, 2.05) is 6.92 Å². The summed E-state index contributed by atoms with van der Waals surface area (Å²) < 4.78 is 6.83. The minimum atomic E-state index is -0.831. The molecule has 0 atom stereocenters. The van der Waals surface area contributed by atoms with Crippen LogP contribution in [0, 0.1) is 0 Å². The molecule has 0 aliphatic carbocycles. The van der Waals surface area contributed by atoms with Crippen LogP contribution >= 0.6 is 0 Å². The summed E-state index contributed by atoms with van der Waals surface area (Å²) in [5.74, 6) is -1.15. The molecule has 0 spiro atoms. The zero-order valence-corrected chi connectivity index (χ0v) is 16.9. The Kier molecular flexibility index (Phi) is 5.12. The van der Waals surface area contributed by atoms with Crippen LogP contribution in [0.25, 0.3) is 17.0 Å². The number of hydrogen-bond acceptors (Lipinski definition) is 5. The molecule has 2 aromatic carbocycles. The van der Waals surface area contributed by atoms with Crippen LogP contribution in [-0.4, -0.2) is 34.9 Å². The summed E-state index contributed by atoms with van der Waals surface area (Å²) >= 11 is 0. The molecule has 1 aliphatic rings. The highest BCUT2D eigenvalue weighted by atomic mass is 16.5. The normalized spacial score (nSPS) is 15.5. The van der Waals surface area contributed by atoms with E-state index in [2.05, 4.69) is 5.32 Å². The van der Waals surface area contributed by atoms with Gasteiger partial charge in [0, 0.05) is 24.1 Å². The standard InChI is InChI=1S/C23H19N3O5/c1-3-31-17-10-8-16(9-11-17)26-22(29)19(21(28)24-23(26)30)12-15-13-25(14(2)27)20-7-5-4-6-18(15)20/h4-13H,3H2,1-2H3,(H,24,28,30)/b19-12-. The fraction of sp³-hybridized carbons (Fsp3) is 0.130. The molecule has 1 aliphatic heterocycles. The number of aromatic nitrogens is 1. The molecular weight excluding hydrogens is 398 g/mol. The van der Waals surface area contributed by atoms with Crippen molar-refractivity contribution in [3.05, 3.63) is 65.9 Å². The molecule has 4 rings (SSSR count). The lowest BCUT2D eigenvalue weighted by Crippen LogP contribution is -2.54. The van der Waals surface area contributed by atoms with Crippen molar-refractivity contribution in [2.45, 2.75) is 13.8 Å². The number of anilines is 1. The van der Waals surface area contributed by atoms with Gasteiger partial charge in [-0.1, -0.05) is 18.2 Å². The lowest BCUT2D eigenvalue weighted by molar-refractivity contribution is -0.122. The minimum Gasteiger partial charge on any atom is -0.494 e. The Labute approximate surface area is 177 Å². The maximum absolute atomic E-state index is 13.1. The number of imide groups is 2. The number of amides is 4. The maximum Gasteiger partial charge on any atom is 0.335 e. The number of urea groups is 1. The molecule has 8 heteroatoms. The van der Waals surface area contributed by atoms with Gasteiger partial charge in [0.25, 0.3) is 11.8 Å². The van der Waals surface area contributed by atoms with Crippen LogP contribution in [-0.2, 0) is 9.59 Å². The van der Waals surface area contributed by atoms with Gasteiger partial charge in [0.15, 0.2) is 0 Å². The average molecular weight is 417 g/mol. The van der Waals surface area contributed by atoms with Gasteiger partial charge in [-0.25, -0.2) is 9.69 Å². The number of para-hydroxylation sites is 1. The van der Waals surface area contributed by atoms with Gasteiger partial charge in [-0.05, 0) is 43.3 Å². The van der Waals surface area contributed by atoms with Crippen molar-refractivity contribution in [3.8, 4) is 5.75 Å². The van der Waals surface area contributed by atoms with Crippen LogP contribution in [0.3, 0.4) is 0 Å². The summed E-state index contributed by atoms with van der Waals surface area (Å²) in [6, 6.07) is 12.7. The Morgan fingerprint density at radius 1 is 1.06 bits per heavy atom. The Balaban J connectivity index is 1.76. The Hall–Kier alpha value is -4.20. The number of benzene rings is 2. The monoisotopic (exact) mass is 417 g/mol. The molecule has 0 saturated carbocycles. The minimum absolute atomic E-state index is 0.202. The number of carbonyl (C=O) groups is 4. The number of barbiturate groups is 1. The summed E-state index contributed by atoms with van der Waals surface area (Å²) in [6.07, 6.45) is 2.96. The van der Waals surface area contributed by atoms with Crippen molar-refractivity contribution in [3.63, 3.8) is 0 Å². The average Bonchev–Trinajstić information content (AvgIpc) is 3.11. The van der Waals surface area contributed by atoms with Crippen LogP contribution in [0.5, 0.6) is 5.75 Å². The Bertz CT molecular complexity index is 1250. The highest BCUT2D eigenvalue weighted by molar-refractivity contribution is 6.39. The number of nitrogens with one attached hydrogen (secondary N) is 1. The van der Waals surface area contributed by atoms with Crippen LogP contribution in [0.2, 0.25) is 0 Å². The molecule has 0 unspecified atom stereocenters. The van der Waals surface area contributed by atoms with E-state index in [-0.39, 0.29) is 11.5 Å². The first-order valence-corrected chi connectivity index (χ1v) is 9.66. The number of ether oxygens (including phenoxy) is 1. The van der Waals surface area contributed by atoms with Crippen molar-refractivity contribution in [1.29, 1.82) is 0 Å². The highest BCUT2D eigenvalue weighted by Crippen LogP contribution is 2.27. The third kappa shape index (κ3) is 3.59. The molecule has 3 aromatic rings. The second kappa shape index (κ2) is 7.91. The smallest absolute Gasteiger partial charge is 0.335 e. The summed E-state index contributed by atoms with van der Waals surface area (Å²) in [6.45, 7) is 3.76. The first-order valence-electron chi connectivity index (χ1n) is 9.66. The van der Waals surface area contributed by atoms with Gasteiger partial charge < -0.3 is 4.74 Å². The molecule has 0 radical (unpaired) electrons. The van der Waals surface area contributed by atoms with E-state index in [0.717, 1.165) is 4.90 Å². The number of rotatable bonds is 4. The largest absolute Gasteiger partial charge is 0.494 e. The zero-order chi connectivity index (χ0) is 22.1. The van der Waals surface area contributed by atoms with E-state index < -0.39 is 17.8 Å². The molecule has 2 heterocycles. The maximum atomic E-state index is 13.1. The Morgan fingerprint density at radius 3 is 2.45 bits per heavy atom. The molecule has 8 nitrogen and oxygen atoms in total. The van der Waals surface area contributed by atoms with Crippen molar-refractivity contribution in [2.75, 3.05) is 11.5 Å². The highest BCUT2D eigenvalue weighted by Gasteiger charge is 2.37. The van der Waals surface area contributed by atoms with Gasteiger partial charge in [-0.15, -0.1) is 0 Å². The lowest BCUT2D eigenvalue weighted by Gasteiger charge is -2.26. The van der Waals surface area contributed by atoms with Gasteiger partial charge >= 0.3 is 6.03 Å². The number of nitrogens with zero attached hydrogens (tertiary/aromatic N) is 2. The zero-order valence-electron chi connectivity index (χ0n) is 16.9. The molecule has 1 aromatic heterocycles. The molecule has 1 saturated heterocycles. The lowest BCUT2D eigenvalue weighted by atomic mass is 10.1. The predicted molar refractivity (Wildman–Crippen MR) is 115 cm³/mol. The van der Waals surface area contributed by atoms with E-state index >= 15 is 0 Å². The van der Waals surface area contributed by atoms with E-state index in [0.29, 0.717) is 34.5 Å². The number of hydrogen-bond donors (Lipinski definition) is 1. The fourth-order valence-corrected chi connectivity index (χ4v) is 3.49. The first-order chi connectivity index (χ1) is 14.9. The number of fused-ring (bicyclic) bond motifs is 1. The van der Waals surface area contributed by atoms with Gasteiger partial charge in [0.1, 0.15) is 11.3 Å². The molecule has 1 fully saturated rings. The molecular formula is C23H19N3O5. The summed E-state index contributed by atoms with van der Waals surface area (Å²) in [5, 5.41) is 2.90. The van der Waals surface area contributed by atoms with Gasteiger partial charge in [-0.2, -0.15) is 0 Å². The van der Waals surface area contributed by atoms with E-state index in [1.165, 1.54) is 17.6 Å². The van der Waals surface area contributed by atoms with Crippen molar-refractivity contribution in [2.24, 2.45) is 0 Å². The molecule has 1 N–H and O–H groups in total. The third-order valence-corrected chi connectivity index (χ3v) is 4.89. The van der Waals surface area contributed by atoms with Crippen molar-refractivity contribution < 1.29 is 23.9 Å². The van der Waals surface area contributed by atoms with Crippen LogP contribution in [0.4, 0.5) is 10.5 Å². The molecule has 4 amide bonds. The Morgan fingerprint density at radius 2 is 1.77 bits per heavy atom. The summed E-state index contributed by atoms with van der Waals surface area (Å²) in [7, 11) is 0. The van der Waals surface area contributed by atoms with Gasteiger partial charge in [0.05, 0.1) is 17.8 Å². The fourth-order valence-electron chi connectivity index (χ4n) is 3.49. The van der Waals surface area contributed by atoms with Crippen LogP contribution < -0.4 is 15.0 Å². The molecule has 156 valence electrons. The van der Waals surface area contributed by atoms with Crippen molar-refractivity contribution >= 4 is 46.4 Å². The van der Waals surface area contributed by atoms with E-state index in [1.54, 1.807) is 54.7 Å².